The Balaban J connectivity index is 1.34. The molecule has 0 saturated carbocycles. The van der Waals surface area contributed by atoms with E-state index in [9.17, 15) is 9.59 Å². The van der Waals surface area contributed by atoms with Gasteiger partial charge in [0.15, 0.2) is 0 Å². The Hall–Kier alpha value is -3.26. The van der Waals surface area contributed by atoms with Gasteiger partial charge in [-0.15, -0.1) is 0 Å². The van der Waals surface area contributed by atoms with Crippen LogP contribution in [0.2, 0.25) is 0 Å². The fourth-order valence-corrected chi connectivity index (χ4v) is 3.64. The third-order valence-corrected chi connectivity index (χ3v) is 5.39. The van der Waals surface area contributed by atoms with Gasteiger partial charge < -0.3 is 25.0 Å². The molecule has 1 heterocycles. The zero-order chi connectivity index (χ0) is 22.8. The predicted octanol–water partition coefficient (Wildman–Crippen LogP) is 2.36. The minimum Gasteiger partial charge on any atom is -0.497 e. The molecule has 32 heavy (non-hydrogen) atoms. The van der Waals surface area contributed by atoms with E-state index in [0.29, 0.717) is 24.6 Å². The highest BCUT2D eigenvalue weighted by atomic mass is 16.5. The van der Waals surface area contributed by atoms with Crippen molar-refractivity contribution in [1.82, 2.24) is 10.2 Å². The summed E-state index contributed by atoms with van der Waals surface area (Å²) >= 11 is 0. The molecule has 0 aromatic heterocycles. The lowest BCUT2D eigenvalue weighted by atomic mass is 10.2. The van der Waals surface area contributed by atoms with Crippen LogP contribution in [-0.4, -0.2) is 69.7 Å². The van der Waals surface area contributed by atoms with Gasteiger partial charge >= 0.3 is 11.8 Å². The summed E-state index contributed by atoms with van der Waals surface area (Å²) in [7, 11) is 1.67. The molecule has 2 amide bonds. The van der Waals surface area contributed by atoms with Crippen LogP contribution in [0.1, 0.15) is 13.3 Å². The first-order valence-corrected chi connectivity index (χ1v) is 11.0. The lowest BCUT2D eigenvalue weighted by Gasteiger charge is -2.36. The number of nitrogens with zero attached hydrogens (tertiary/aromatic N) is 2. The molecule has 1 aliphatic heterocycles. The summed E-state index contributed by atoms with van der Waals surface area (Å²) in [5.41, 5.74) is 1.69. The van der Waals surface area contributed by atoms with Gasteiger partial charge in [0.2, 0.25) is 0 Å². The first-order chi connectivity index (χ1) is 15.6. The predicted molar refractivity (Wildman–Crippen MR) is 126 cm³/mol. The number of methoxy groups -OCH3 is 1. The van der Waals surface area contributed by atoms with Crippen molar-refractivity contribution in [1.29, 1.82) is 0 Å². The third-order valence-electron chi connectivity index (χ3n) is 5.39. The largest absolute Gasteiger partial charge is 0.497 e. The molecule has 2 aromatic carbocycles. The average molecular weight is 441 g/mol. The molecule has 1 aliphatic rings. The van der Waals surface area contributed by atoms with Crippen molar-refractivity contribution >= 4 is 23.2 Å². The van der Waals surface area contributed by atoms with Gasteiger partial charge in [0.05, 0.1) is 19.4 Å². The molecule has 2 N–H and O–H groups in total. The van der Waals surface area contributed by atoms with Crippen LogP contribution in [0.15, 0.2) is 48.5 Å². The fraction of sp³-hybridized carbons (Fsp3) is 0.417. The van der Waals surface area contributed by atoms with E-state index >= 15 is 0 Å². The van der Waals surface area contributed by atoms with E-state index < -0.39 is 11.8 Å². The second-order valence-corrected chi connectivity index (χ2v) is 7.52. The molecule has 0 unspecified atom stereocenters. The van der Waals surface area contributed by atoms with E-state index in [-0.39, 0.29) is 0 Å². The maximum Gasteiger partial charge on any atom is 0.313 e. The van der Waals surface area contributed by atoms with Crippen LogP contribution < -0.4 is 25.0 Å². The molecule has 8 nitrogen and oxygen atoms in total. The Kier molecular flexibility index (Phi) is 8.74. The van der Waals surface area contributed by atoms with Gasteiger partial charge in [-0.05, 0) is 56.3 Å². The van der Waals surface area contributed by atoms with E-state index in [4.69, 9.17) is 9.47 Å². The Labute approximate surface area is 189 Å². The highest BCUT2D eigenvalue weighted by Crippen LogP contribution is 2.23. The summed E-state index contributed by atoms with van der Waals surface area (Å²) in [5, 5.41) is 5.31. The monoisotopic (exact) mass is 440 g/mol. The van der Waals surface area contributed by atoms with E-state index in [0.717, 1.165) is 44.9 Å². The SMILES string of the molecule is CCOc1ccccc1NC(=O)C(=O)NCCCN1CCN(c2ccc(OC)cc2)CC1. The third kappa shape index (κ3) is 6.62. The van der Waals surface area contributed by atoms with Crippen molar-refractivity contribution < 1.29 is 19.1 Å². The number of rotatable bonds is 9. The van der Waals surface area contributed by atoms with Crippen molar-refractivity contribution in [3.8, 4) is 11.5 Å². The Bertz CT molecular complexity index is 880. The molecule has 0 bridgehead atoms. The normalized spacial score (nSPS) is 14.0. The topological polar surface area (TPSA) is 83.1 Å². The maximum atomic E-state index is 12.2. The van der Waals surface area contributed by atoms with Crippen molar-refractivity contribution in [2.24, 2.45) is 0 Å². The van der Waals surface area contributed by atoms with Crippen molar-refractivity contribution in [2.75, 3.05) is 63.2 Å². The number of hydrogen-bond donors (Lipinski definition) is 2. The van der Waals surface area contributed by atoms with Gasteiger partial charge in [0, 0.05) is 38.4 Å². The zero-order valence-electron chi connectivity index (χ0n) is 18.8. The van der Waals surface area contributed by atoms with Gasteiger partial charge in [-0.2, -0.15) is 0 Å². The number of ether oxygens (including phenoxy) is 2. The second kappa shape index (κ2) is 12.0. The molecule has 172 valence electrons. The molecule has 0 radical (unpaired) electrons. The molecule has 2 aromatic rings. The summed E-state index contributed by atoms with van der Waals surface area (Å²) in [6.45, 7) is 7.53. The van der Waals surface area contributed by atoms with E-state index in [1.165, 1.54) is 5.69 Å². The number of benzene rings is 2. The van der Waals surface area contributed by atoms with E-state index in [1.54, 1.807) is 25.3 Å². The number of anilines is 2. The number of carbonyl (C=O) groups excluding carboxylic acids is 2. The van der Waals surface area contributed by atoms with E-state index in [2.05, 4.69) is 32.6 Å². The van der Waals surface area contributed by atoms with Crippen molar-refractivity contribution in [3.63, 3.8) is 0 Å². The summed E-state index contributed by atoms with van der Waals surface area (Å²) in [4.78, 5) is 29.0. The van der Waals surface area contributed by atoms with Crippen LogP contribution in [0.25, 0.3) is 0 Å². The van der Waals surface area contributed by atoms with Crippen LogP contribution in [0.4, 0.5) is 11.4 Å². The van der Waals surface area contributed by atoms with E-state index in [1.807, 2.05) is 25.1 Å². The molecule has 0 aliphatic carbocycles. The number of para-hydroxylation sites is 2. The number of nitrogens with one attached hydrogen (secondary N) is 2. The van der Waals surface area contributed by atoms with Crippen LogP contribution in [0.3, 0.4) is 0 Å². The molecular formula is C24H32N4O4. The Morgan fingerprint density at radius 2 is 1.69 bits per heavy atom. The van der Waals surface area contributed by atoms with Gasteiger partial charge in [0.25, 0.3) is 0 Å². The maximum absolute atomic E-state index is 12.2. The Morgan fingerprint density at radius 3 is 2.38 bits per heavy atom. The molecule has 8 heteroatoms. The molecular weight excluding hydrogens is 408 g/mol. The van der Waals surface area contributed by atoms with Gasteiger partial charge in [-0.25, -0.2) is 0 Å². The number of piperazine rings is 1. The Morgan fingerprint density at radius 1 is 0.969 bits per heavy atom. The van der Waals surface area contributed by atoms with Crippen molar-refractivity contribution in [3.05, 3.63) is 48.5 Å². The van der Waals surface area contributed by atoms with Crippen LogP contribution in [0.5, 0.6) is 11.5 Å². The number of carbonyl (C=O) groups is 2. The lowest BCUT2D eigenvalue weighted by molar-refractivity contribution is -0.136. The average Bonchev–Trinajstić information content (AvgIpc) is 2.83. The minimum atomic E-state index is -0.690. The first kappa shape index (κ1) is 23.4. The summed E-state index contributed by atoms with van der Waals surface area (Å²) in [6, 6.07) is 15.2. The summed E-state index contributed by atoms with van der Waals surface area (Å²) in [5.74, 6) is 0.0810. The highest BCUT2D eigenvalue weighted by Gasteiger charge is 2.18. The minimum absolute atomic E-state index is 0.456. The second-order valence-electron chi connectivity index (χ2n) is 7.52. The van der Waals surface area contributed by atoms with Crippen LogP contribution in [0, 0.1) is 0 Å². The quantitative estimate of drug-likeness (QED) is 0.460. The molecule has 1 fully saturated rings. The molecule has 0 atom stereocenters. The number of amides is 2. The summed E-state index contributed by atoms with van der Waals surface area (Å²) < 4.78 is 10.7. The van der Waals surface area contributed by atoms with Gasteiger partial charge in [-0.3, -0.25) is 14.5 Å². The molecule has 0 spiro atoms. The fourth-order valence-electron chi connectivity index (χ4n) is 3.64. The molecule has 1 saturated heterocycles. The van der Waals surface area contributed by atoms with Gasteiger partial charge in [-0.1, -0.05) is 12.1 Å². The van der Waals surface area contributed by atoms with Gasteiger partial charge in [0.1, 0.15) is 11.5 Å². The zero-order valence-corrected chi connectivity index (χ0v) is 18.8. The molecule has 3 rings (SSSR count). The number of hydrogen-bond acceptors (Lipinski definition) is 6. The first-order valence-electron chi connectivity index (χ1n) is 11.0. The van der Waals surface area contributed by atoms with Crippen LogP contribution in [-0.2, 0) is 9.59 Å². The van der Waals surface area contributed by atoms with Crippen molar-refractivity contribution in [2.45, 2.75) is 13.3 Å². The highest BCUT2D eigenvalue weighted by molar-refractivity contribution is 6.39. The van der Waals surface area contributed by atoms with Crippen LogP contribution >= 0.6 is 0 Å². The smallest absolute Gasteiger partial charge is 0.313 e. The standard InChI is InChI=1S/C24H32N4O4/c1-3-32-22-8-5-4-7-21(22)26-24(30)23(29)25-13-6-14-27-15-17-28(18-16-27)19-9-11-20(31-2)12-10-19/h4-5,7-12H,3,6,13-18H2,1-2H3,(H,25,29)(H,26,30). The summed E-state index contributed by atoms with van der Waals surface area (Å²) in [6.07, 6.45) is 0.789. The lowest BCUT2D eigenvalue weighted by Crippen LogP contribution is -2.47.